The Kier molecular flexibility index (Phi) is 4.62. The number of ether oxygens (including phenoxy) is 2. The first-order valence-electron chi connectivity index (χ1n) is 5.06. The van der Waals surface area contributed by atoms with Gasteiger partial charge in [-0.1, -0.05) is 0 Å². The Morgan fingerprint density at radius 2 is 1.56 bits per heavy atom. The van der Waals surface area contributed by atoms with Crippen molar-refractivity contribution in [2.75, 3.05) is 0 Å². The zero-order chi connectivity index (χ0) is 12.5. The Labute approximate surface area is 92.9 Å². The van der Waals surface area contributed by atoms with Gasteiger partial charge in [0.05, 0.1) is 6.10 Å². The van der Waals surface area contributed by atoms with Crippen molar-refractivity contribution in [1.29, 1.82) is 0 Å². The van der Waals surface area contributed by atoms with E-state index in [1.807, 2.05) is 0 Å². The molecule has 0 aromatic carbocycles. The minimum absolute atomic E-state index is 0.279. The highest BCUT2D eigenvalue weighted by molar-refractivity contribution is 4.90. The van der Waals surface area contributed by atoms with Gasteiger partial charge in [0, 0.05) is 0 Å². The van der Waals surface area contributed by atoms with E-state index in [4.69, 9.17) is 19.7 Å². The summed E-state index contributed by atoms with van der Waals surface area (Å²) in [5.74, 6) is 0. The van der Waals surface area contributed by atoms with E-state index in [0.717, 1.165) is 0 Å². The van der Waals surface area contributed by atoms with Gasteiger partial charge in [-0.3, -0.25) is 0 Å². The highest BCUT2D eigenvalue weighted by Gasteiger charge is 2.46. The van der Waals surface area contributed by atoms with Gasteiger partial charge in [-0.25, -0.2) is 0 Å². The first-order chi connectivity index (χ1) is 7.34. The molecule has 5 atom stereocenters. The molecule has 0 aromatic heterocycles. The molecule has 1 aliphatic heterocycles. The molecule has 0 amide bonds. The van der Waals surface area contributed by atoms with Crippen LogP contribution >= 0.6 is 0 Å². The molecule has 7 nitrogen and oxygen atoms in total. The van der Waals surface area contributed by atoms with Crippen LogP contribution in [0.2, 0.25) is 0 Å². The first-order valence-corrected chi connectivity index (χ1v) is 5.06. The molecule has 1 rings (SSSR count). The number of aliphatic hydroxyl groups is 5. The highest BCUT2D eigenvalue weighted by atomic mass is 16.7. The first kappa shape index (κ1) is 13.8. The fourth-order valence-electron chi connectivity index (χ4n) is 1.50. The van der Waals surface area contributed by atoms with Crippen LogP contribution in [0.5, 0.6) is 0 Å². The van der Waals surface area contributed by atoms with Gasteiger partial charge < -0.3 is 35.0 Å². The van der Waals surface area contributed by atoms with E-state index < -0.39 is 37.0 Å². The molecule has 1 heterocycles. The lowest BCUT2D eigenvalue weighted by atomic mass is 9.98. The lowest BCUT2D eigenvalue weighted by Gasteiger charge is -2.41. The maximum atomic E-state index is 9.53. The van der Waals surface area contributed by atoms with Gasteiger partial charge in [0.25, 0.3) is 0 Å². The largest absolute Gasteiger partial charge is 0.387 e. The third kappa shape index (κ3) is 2.89. The van der Waals surface area contributed by atoms with Crippen molar-refractivity contribution in [3.63, 3.8) is 0 Å². The highest BCUT2D eigenvalue weighted by Crippen LogP contribution is 2.24. The van der Waals surface area contributed by atoms with Crippen molar-refractivity contribution >= 4 is 0 Å². The second kappa shape index (κ2) is 5.37. The lowest BCUT2D eigenvalue weighted by molar-refractivity contribution is -0.334. The van der Waals surface area contributed by atoms with Crippen LogP contribution in [0, 0.1) is 0 Å². The van der Waals surface area contributed by atoms with Crippen molar-refractivity contribution in [3.05, 3.63) is 0 Å². The van der Waals surface area contributed by atoms with Crippen LogP contribution in [0.25, 0.3) is 0 Å². The summed E-state index contributed by atoms with van der Waals surface area (Å²) < 4.78 is 10.1. The predicted molar refractivity (Wildman–Crippen MR) is 51.1 cm³/mol. The Morgan fingerprint density at radius 3 is 2.00 bits per heavy atom. The average molecular weight is 238 g/mol. The van der Waals surface area contributed by atoms with Crippen molar-refractivity contribution < 1.29 is 35.0 Å². The van der Waals surface area contributed by atoms with Crippen LogP contribution in [0.4, 0.5) is 0 Å². The summed E-state index contributed by atoms with van der Waals surface area (Å²) in [6, 6.07) is 0. The molecule has 96 valence electrons. The Bertz CT molecular complexity index is 218. The molecule has 0 saturated carbocycles. The molecular weight excluding hydrogens is 220 g/mol. The molecule has 0 bridgehead atoms. The summed E-state index contributed by atoms with van der Waals surface area (Å²) in [7, 11) is 0. The van der Waals surface area contributed by atoms with E-state index in [1.165, 1.54) is 0 Å². The Morgan fingerprint density at radius 1 is 1.00 bits per heavy atom. The second-order valence-electron chi connectivity index (χ2n) is 4.04. The Balaban J connectivity index is 2.73. The quantitative estimate of drug-likeness (QED) is 0.346. The zero-order valence-corrected chi connectivity index (χ0v) is 9.09. The molecule has 7 heteroatoms. The van der Waals surface area contributed by atoms with Gasteiger partial charge in [-0.05, 0) is 13.8 Å². The molecule has 1 fully saturated rings. The van der Waals surface area contributed by atoms with Crippen LogP contribution in [0.15, 0.2) is 0 Å². The van der Waals surface area contributed by atoms with Crippen LogP contribution < -0.4 is 0 Å². The van der Waals surface area contributed by atoms with Crippen molar-refractivity contribution in [1.82, 2.24) is 0 Å². The summed E-state index contributed by atoms with van der Waals surface area (Å²) in [5, 5.41) is 46.3. The van der Waals surface area contributed by atoms with Crippen LogP contribution in [0.3, 0.4) is 0 Å². The molecule has 0 radical (unpaired) electrons. The maximum Gasteiger partial charge on any atom is 0.187 e. The van der Waals surface area contributed by atoms with Gasteiger partial charge in [0.2, 0.25) is 0 Å². The fourth-order valence-corrected chi connectivity index (χ4v) is 1.50. The molecule has 1 saturated heterocycles. The number of aliphatic hydroxyl groups excluding tert-OH is 4. The number of hydrogen-bond donors (Lipinski definition) is 5. The number of hydrogen-bond acceptors (Lipinski definition) is 7. The minimum Gasteiger partial charge on any atom is -0.387 e. The normalized spacial score (nSPS) is 40.7. The van der Waals surface area contributed by atoms with Gasteiger partial charge in [-0.15, -0.1) is 0 Å². The molecule has 0 spiro atoms. The third-order valence-corrected chi connectivity index (χ3v) is 2.31. The molecule has 0 aromatic rings. The average Bonchev–Trinajstić information content (AvgIpc) is 2.18. The van der Waals surface area contributed by atoms with Gasteiger partial charge in [0.1, 0.15) is 24.4 Å². The van der Waals surface area contributed by atoms with Crippen molar-refractivity contribution in [3.8, 4) is 0 Å². The van der Waals surface area contributed by atoms with E-state index in [0.29, 0.717) is 0 Å². The standard InChI is InChI=1S/C9H18O7/c1-3(2)15-9-6(12)4(10)5(11)7(16-9)8(13)14/h3-14H,1-2H3/t4?,5-,6?,7?,9-/m0/s1. The van der Waals surface area contributed by atoms with Crippen LogP contribution in [-0.4, -0.2) is 68.6 Å². The summed E-state index contributed by atoms with van der Waals surface area (Å²) in [6.07, 6.45) is -9.43. The van der Waals surface area contributed by atoms with Gasteiger partial charge in [-0.2, -0.15) is 0 Å². The Hall–Kier alpha value is -0.280. The van der Waals surface area contributed by atoms with Crippen molar-refractivity contribution in [2.24, 2.45) is 0 Å². The zero-order valence-electron chi connectivity index (χ0n) is 9.09. The minimum atomic E-state index is -1.96. The maximum absolute atomic E-state index is 9.53. The predicted octanol–water partition coefficient (Wildman–Crippen LogP) is -2.47. The summed E-state index contributed by atoms with van der Waals surface area (Å²) in [5.41, 5.74) is 0. The monoisotopic (exact) mass is 238 g/mol. The lowest BCUT2D eigenvalue weighted by Crippen LogP contribution is -2.61. The SMILES string of the molecule is CC(C)O[C@H]1OC(C(O)O)[C@@H](O)C(O)C1O. The summed E-state index contributed by atoms with van der Waals surface area (Å²) in [6.45, 7) is 3.38. The second-order valence-corrected chi connectivity index (χ2v) is 4.04. The molecule has 5 N–H and O–H groups in total. The third-order valence-electron chi connectivity index (χ3n) is 2.31. The van der Waals surface area contributed by atoms with Crippen molar-refractivity contribution in [2.45, 2.75) is 56.9 Å². The van der Waals surface area contributed by atoms with E-state index in [1.54, 1.807) is 13.8 Å². The van der Waals surface area contributed by atoms with E-state index in [-0.39, 0.29) is 6.10 Å². The molecule has 1 aliphatic rings. The van der Waals surface area contributed by atoms with E-state index in [2.05, 4.69) is 0 Å². The summed E-state index contributed by atoms with van der Waals surface area (Å²) >= 11 is 0. The van der Waals surface area contributed by atoms with Crippen LogP contribution in [-0.2, 0) is 9.47 Å². The number of rotatable bonds is 3. The topological polar surface area (TPSA) is 120 Å². The summed E-state index contributed by atoms with van der Waals surface area (Å²) in [4.78, 5) is 0. The van der Waals surface area contributed by atoms with Gasteiger partial charge >= 0.3 is 0 Å². The molecule has 3 unspecified atom stereocenters. The molecule has 16 heavy (non-hydrogen) atoms. The van der Waals surface area contributed by atoms with Gasteiger partial charge in [0.15, 0.2) is 12.6 Å². The fraction of sp³-hybridized carbons (Fsp3) is 1.00. The smallest absolute Gasteiger partial charge is 0.187 e. The molecule has 0 aliphatic carbocycles. The van der Waals surface area contributed by atoms with E-state index >= 15 is 0 Å². The molecular formula is C9H18O7. The van der Waals surface area contributed by atoms with Crippen LogP contribution in [0.1, 0.15) is 13.8 Å². The van der Waals surface area contributed by atoms with E-state index in [9.17, 15) is 15.3 Å².